The molecule has 0 aliphatic carbocycles. The fourth-order valence-electron chi connectivity index (χ4n) is 2.75. The van der Waals surface area contributed by atoms with Gasteiger partial charge in [-0.2, -0.15) is 0 Å². The van der Waals surface area contributed by atoms with Gasteiger partial charge in [0.25, 0.3) is 11.8 Å². The summed E-state index contributed by atoms with van der Waals surface area (Å²) in [5.41, 5.74) is 4.21. The lowest BCUT2D eigenvalue weighted by molar-refractivity contribution is -0.119. The van der Waals surface area contributed by atoms with Crippen LogP contribution in [0.1, 0.15) is 23.6 Å². The number of carbonyl (C=O) groups excluding carboxylic acids is 2. The van der Waals surface area contributed by atoms with Crippen molar-refractivity contribution in [2.24, 2.45) is 0 Å². The number of hydrogen-bond acceptors (Lipinski definition) is 3. The van der Waals surface area contributed by atoms with E-state index in [2.05, 4.69) is 0 Å². The van der Waals surface area contributed by atoms with Gasteiger partial charge in [-0.15, -0.1) is 11.8 Å². The van der Waals surface area contributed by atoms with Crippen LogP contribution < -0.4 is 4.90 Å². The maximum absolute atomic E-state index is 13.0. The first kappa shape index (κ1) is 16.5. The molecule has 0 fully saturated rings. The Bertz CT molecular complexity index is 840. The maximum Gasteiger partial charge on any atom is 0.272 e. The zero-order chi connectivity index (χ0) is 17.3. The third-order valence-electron chi connectivity index (χ3n) is 4.14. The van der Waals surface area contributed by atoms with Gasteiger partial charge in [-0.05, 0) is 48.4 Å². The van der Waals surface area contributed by atoms with E-state index in [1.54, 1.807) is 12.1 Å². The molecule has 1 aliphatic rings. The number of amides is 2. The van der Waals surface area contributed by atoms with E-state index >= 15 is 0 Å². The van der Waals surface area contributed by atoms with Crippen molar-refractivity contribution in [2.75, 3.05) is 10.7 Å². The van der Waals surface area contributed by atoms with E-state index in [9.17, 15) is 9.59 Å². The summed E-state index contributed by atoms with van der Waals surface area (Å²) < 4.78 is 0. The standard InChI is InChI=1S/C20H19NO2S/c1-4-24-18-17(15-11-10-13(2)14(3)12-15)19(22)21(20(18)23)16-8-6-5-7-9-16/h5-12H,4H2,1-3H3. The first-order chi connectivity index (χ1) is 11.5. The highest BCUT2D eigenvalue weighted by molar-refractivity contribution is 8.04. The van der Waals surface area contributed by atoms with Crippen LogP contribution in [0.15, 0.2) is 53.4 Å². The van der Waals surface area contributed by atoms with Gasteiger partial charge in [0.05, 0.1) is 16.2 Å². The number of rotatable bonds is 4. The normalized spacial score (nSPS) is 14.7. The van der Waals surface area contributed by atoms with Crippen LogP contribution in [-0.4, -0.2) is 17.6 Å². The van der Waals surface area contributed by atoms with Crippen LogP contribution in [0.2, 0.25) is 0 Å². The van der Waals surface area contributed by atoms with Crippen LogP contribution in [0, 0.1) is 13.8 Å². The van der Waals surface area contributed by atoms with Crippen molar-refractivity contribution in [3.8, 4) is 0 Å². The van der Waals surface area contributed by atoms with Gasteiger partial charge in [0.2, 0.25) is 0 Å². The summed E-state index contributed by atoms with van der Waals surface area (Å²) >= 11 is 1.43. The molecule has 3 nitrogen and oxygen atoms in total. The molecular formula is C20H19NO2S. The summed E-state index contributed by atoms with van der Waals surface area (Å²) in [6.45, 7) is 6.04. The molecule has 0 saturated heterocycles. The fraction of sp³-hybridized carbons (Fsp3) is 0.200. The summed E-state index contributed by atoms with van der Waals surface area (Å²) in [6, 6.07) is 15.0. The largest absolute Gasteiger partial charge is 0.272 e. The Morgan fingerprint density at radius 3 is 2.25 bits per heavy atom. The monoisotopic (exact) mass is 337 g/mol. The Morgan fingerprint density at radius 2 is 1.62 bits per heavy atom. The van der Waals surface area contributed by atoms with Crippen molar-refractivity contribution in [3.63, 3.8) is 0 Å². The van der Waals surface area contributed by atoms with Crippen molar-refractivity contribution in [2.45, 2.75) is 20.8 Å². The van der Waals surface area contributed by atoms with Gasteiger partial charge in [0.1, 0.15) is 0 Å². The summed E-state index contributed by atoms with van der Waals surface area (Å²) in [5.74, 6) is 0.266. The number of para-hydroxylation sites is 1. The third-order valence-corrected chi connectivity index (χ3v) is 5.10. The molecule has 1 heterocycles. The van der Waals surface area contributed by atoms with E-state index in [1.165, 1.54) is 22.2 Å². The first-order valence-corrected chi connectivity index (χ1v) is 8.91. The minimum atomic E-state index is -0.245. The van der Waals surface area contributed by atoms with E-state index in [0.29, 0.717) is 16.2 Å². The van der Waals surface area contributed by atoms with Crippen LogP contribution >= 0.6 is 11.8 Å². The molecule has 0 saturated carbocycles. The van der Waals surface area contributed by atoms with Crippen molar-refractivity contribution in [3.05, 3.63) is 70.1 Å². The molecule has 4 heteroatoms. The topological polar surface area (TPSA) is 37.4 Å². The average molecular weight is 337 g/mol. The average Bonchev–Trinajstić information content (AvgIpc) is 2.82. The smallest absolute Gasteiger partial charge is 0.268 e. The van der Waals surface area contributed by atoms with Gasteiger partial charge in [-0.25, -0.2) is 4.90 Å². The molecule has 0 unspecified atom stereocenters. The van der Waals surface area contributed by atoms with E-state index in [1.807, 2.05) is 57.2 Å². The SMILES string of the molecule is CCSC1=C(c2ccc(C)c(C)c2)C(=O)N(c2ccccc2)C1=O. The van der Waals surface area contributed by atoms with Crippen molar-refractivity contribution in [1.29, 1.82) is 0 Å². The van der Waals surface area contributed by atoms with Crippen LogP contribution in [0.3, 0.4) is 0 Å². The quantitative estimate of drug-likeness (QED) is 0.779. The Hall–Kier alpha value is -2.33. The number of hydrogen-bond donors (Lipinski definition) is 0. The highest BCUT2D eigenvalue weighted by Gasteiger charge is 2.39. The Balaban J connectivity index is 2.12. The predicted octanol–water partition coefficient (Wildman–Crippen LogP) is 4.34. The highest BCUT2D eigenvalue weighted by Crippen LogP contribution is 2.38. The van der Waals surface area contributed by atoms with E-state index in [0.717, 1.165) is 16.9 Å². The highest BCUT2D eigenvalue weighted by atomic mass is 32.2. The lowest BCUT2D eigenvalue weighted by atomic mass is 10.0. The predicted molar refractivity (Wildman–Crippen MR) is 99.9 cm³/mol. The molecule has 0 N–H and O–H groups in total. The second kappa shape index (κ2) is 6.65. The Morgan fingerprint density at radius 1 is 0.917 bits per heavy atom. The van der Waals surface area contributed by atoms with Gasteiger partial charge >= 0.3 is 0 Å². The number of carbonyl (C=O) groups is 2. The molecule has 2 aromatic rings. The number of nitrogens with zero attached hydrogens (tertiary/aromatic N) is 1. The summed E-state index contributed by atoms with van der Waals surface area (Å²) in [6.07, 6.45) is 0. The molecule has 0 radical (unpaired) electrons. The van der Waals surface area contributed by atoms with Gasteiger partial charge in [0.15, 0.2) is 0 Å². The summed E-state index contributed by atoms with van der Waals surface area (Å²) in [4.78, 5) is 27.7. The van der Waals surface area contributed by atoms with E-state index < -0.39 is 0 Å². The molecule has 2 aromatic carbocycles. The second-order valence-corrected chi connectivity index (χ2v) is 6.99. The van der Waals surface area contributed by atoms with Crippen LogP contribution in [-0.2, 0) is 9.59 Å². The van der Waals surface area contributed by atoms with Gasteiger partial charge in [-0.1, -0.05) is 43.3 Å². The van der Waals surface area contributed by atoms with Crippen LogP contribution in [0.5, 0.6) is 0 Å². The second-order valence-electron chi connectivity index (χ2n) is 5.72. The van der Waals surface area contributed by atoms with Crippen LogP contribution in [0.4, 0.5) is 5.69 Å². The molecule has 1 aliphatic heterocycles. The van der Waals surface area contributed by atoms with Gasteiger partial charge in [0, 0.05) is 0 Å². The first-order valence-electron chi connectivity index (χ1n) is 7.93. The molecule has 2 amide bonds. The Kier molecular flexibility index (Phi) is 4.58. The minimum absolute atomic E-state index is 0.230. The third kappa shape index (κ3) is 2.78. The van der Waals surface area contributed by atoms with E-state index in [-0.39, 0.29) is 11.8 Å². The molecule has 0 aromatic heterocycles. The number of benzene rings is 2. The maximum atomic E-state index is 13.0. The minimum Gasteiger partial charge on any atom is -0.268 e. The van der Waals surface area contributed by atoms with Crippen LogP contribution in [0.25, 0.3) is 5.57 Å². The number of anilines is 1. The molecule has 122 valence electrons. The molecular weight excluding hydrogens is 318 g/mol. The zero-order valence-electron chi connectivity index (χ0n) is 14.0. The molecule has 24 heavy (non-hydrogen) atoms. The zero-order valence-corrected chi connectivity index (χ0v) is 14.8. The van der Waals surface area contributed by atoms with Crippen molar-refractivity contribution >= 4 is 34.8 Å². The molecule has 0 bridgehead atoms. The molecule has 0 spiro atoms. The number of aryl methyl sites for hydroxylation is 2. The summed E-state index contributed by atoms with van der Waals surface area (Å²) in [7, 11) is 0. The lowest BCUT2D eigenvalue weighted by Gasteiger charge is -2.15. The molecule has 3 rings (SSSR count). The fourth-order valence-corrected chi connectivity index (χ4v) is 3.60. The number of imide groups is 1. The van der Waals surface area contributed by atoms with Gasteiger partial charge < -0.3 is 0 Å². The summed E-state index contributed by atoms with van der Waals surface area (Å²) in [5, 5.41) is 0. The number of thioether (sulfide) groups is 1. The Labute approximate surface area is 146 Å². The van der Waals surface area contributed by atoms with E-state index in [4.69, 9.17) is 0 Å². The lowest BCUT2D eigenvalue weighted by Crippen LogP contribution is -2.31. The van der Waals surface area contributed by atoms with Crippen molar-refractivity contribution in [1.82, 2.24) is 0 Å². The molecule has 0 atom stereocenters. The van der Waals surface area contributed by atoms with Gasteiger partial charge in [-0.3, -0.25) is 9.59 Å². The van der Waals surface area contributed by atoms with Crippen molar-refractivity contribution < 1.29 is 9.59 Å².